The van der Waals surface area contributed by atoms with Gasteiger partial charge in [0.05, 0.1) is 11.6 Å². The lowest BCUT2D eigenvalue weighted by atomic mass is 9.92. The summed E-state index contributed by atoms with van der Waals surface area (Å²) in [5.74, 6) is -2.29. The van der Waals surface area contributed by atoms with E-state index in [0.29, 0.717) is 6.42 Å². The van der Waals surface area contributed by atoms with Crippen molar-refractivity contribution in [3.8, 4) is 5.75 Å². The zero-order valence-electron chi connectivity index (χ0n) is 11.3. The number of aromatic hydroxyl groups is 1. The van der Waals surface area contributed by atoms with E-state index in [2.05, 4.69) is 0 Å². The van der Waals surface area contributed by atoms with Crippen LogP contribution in [0.5, 0.6) is 5.75 Å². The lowest BCUT2D eigenvalue weighted by Gasteiger charge is -2.16. The molecule has 1 rings (SSSR count). The number of hydrogen-bond acceptors (Lipinski definition) is 5. The van der Waals surface area contributed by atoms with Gasteiger partial charge in [0.1, 0.15) is 11.3 Å². The lowest BCUT2D eigenvalue weighted by molar-refractivity contribution is 0.0688. The van der Waals surface area contributed by atoms with E-state index in [4.69, 9.17) is 16.6 Å². The van der Waals surface area contributed by atoms with Crippen molar-refractivity contribution < 1.29 is 19.8 Å². The Morgan fingerprint density at radius 2 is 1.80 bits per heavy atom. The van der Waals surface area contributed by atoms with Crippen LogP contribution in [-0.2, 0) is 0 Å². The molecular weight excluding hydrogens is 284 g/mol. The average Bonchev–Trinajstić information content (AvgIpc) is 2.29. The summed E-state index contributed by atoms with van der Waals surface area (Å²) in [6.45, 7) is 3.80. The Kier molecular flexibility index (Phi) is 6.48. The summed E-state index contributed by atoms with van der Waals surface area (Å²) in [6, 6.07) is 1.59. The molecule has 0 unspecified atom stereocenters. The maximum Gasteiger partial charge on any atom is 0.340 e. The molecule has 0 heterocycles. The van der Waals surface area contributed by atoms with Crippen LogP contribution >= 0.6 is 12.4 Å². The minimum Gasteiger partial charge on any atom is -0.507 e. The number of rotatable bonds is 5. The Balaban J connectivity index is 0.00000361. The van der Waals surface area contributed by atoms with Gasteiger partial charge in [0, 0.05) is 5.69 Å². The standard InChI is InChI=1S/C13H18N2O4.ClH/c1-6(2)5-8(15)12(17)10-7(14)3-4-9(16)11(10)13(18)19;/h3-4,6,8,16H,5,14-15H2,1-2H3,(H,18,19);1H/t8-;/m0./s1. The number of phenols is 1. The Labute approximate surface area is 123 Å². The van der Waals surface area contributed by atoms with Crippen molar-refractivity contribution in [2.24, 2.45) is 11.7 Å². The van der Waals surface area contributed by atoms with Gasteiger partial charge >= 0.3 is 5.97 Å². The summed E-state index contributed by atoms with van der Waals surface area (Å²) in [6.07, 6.45) is 0.410. The number of ketones is 1. The largest absolute Gasteiger partial charge is 0.507 e. The summed E-state index contributed by atoms with van der Waals surface area (Å²) in [7, 11) is 0. The average molecular weight is 303 g/mol. The van der Waals surface area contributed by atoms with Crippen molar-refractivity contribution in [2.45, 2.75) is 26.3 Å². The molecule has 0 saturated heterocycles. The van der Waals surface area contributed by atoms with E-state index in [1.165, 1.54) is 6.07 Å². The molecule has 1 aromatic carbocycles. The van der Waals surface area contributed by atoms with Crippen LogP contribution in [0.2, 0.25) is 0 Å². The fourth-order valence-electron chi connectivity index (χ4n) is 1.89. The first-order valence-corrected chi connectivity index (χ1v) is 5.90. The number of carboxylic acids is 1. The second kappa shape index (κ2) is 7.12. The molecule has 0 radical (unpaired) electrons. The third kappa shape index (κ3) is 3.85. The number of nitrogens with two attached hydrogens (primary N) is 2. The number of nitrogen functional groups attached to an aromatic ring is 1. The van der Waals surface area contributed by atoms with Crippen molar-refractivity contribution in [2.75, 3.05) is 5.73 Å². The van der Waals surface area contributed by atoms with Crippen LogP contribution in [0.4, 0.5) is 5.69 Å². The van der Waals surface area contributed by atoms with Crippen LogP contribution < -0.4 is 11.5 Å². The molecule has 0 aromatic heterocycles. The molecule has 1 atom stereocenters. The molecule has 0 aliphatic heterocycles. The van der Waals surface area contributed by atoms with E-state index < -0.39 is 29.1 Å². The molecule has 6 nitrogen and oxygen atoms in total. The molecule has 7 heteroatoms. The molecule has 0 aliphatic carbocycles. The molecule has 1 aromatic rings. The van der Waals surface area contributed by atoms with E-state index in [9.17, 15) is 14.7 Å². The summed E-state index contributed by atoms with van der Waals surface area (Å²) >= 11 is 0. The maximum atomic E-state index is 12.2. The second-order valence-corrected chi connectivity index (χ2v) is 4.83. The van der Waals surface area contributed by atoms with Gasteiger partial charge in [0.25, 0.3) is 0 Å². The Morgan fingerprint density at radius 1 is 1.25 bits per heavy atom. The minimum absolute atomic E-state index is 0. The Hall–Kier alpha value is -1.79. The molecule has 6 N–H and O–H groups in total. The van der Waals surface area contributed by atoms with Gasteiger partial charge in [-0.3, -0.25) is 4.79 Å². The number of Topliss-reactive ketones (excluding diaryl/α,β-unsaturated/α-hetero) is 1. The Morgan fingerprint density at radius 3 is 2.25 bits per heavy atom. The molecule has 112 valence electrons. The maximum absolute atomic E-state index is 12.2. The first-order valence-electron chi connectivity index (χ1n) is 5.90. The lowest BCUT2D eigenvalue weighted by Crippen LogP contribution is -2.33. The fraction of sp³-hybridized carbons (Fsp3) is 0.385. The normalized spacial score (nSPS) is 11.8. The van der Waals surface area contributed by atoms with E-state index in [1.54, 1.807) is 0 Å². The van der Waals surface area contributed by atoms with Crippen molar-refractivity contribution >= 4 is 29.8 Å². The minimum atomic E-state index is -1.41. The zero-order chi connectivity index (χ0) is 14.7. The van der Waals surface area contributed by atoms with Crippen molar-refractivity contribution in [3.05, 3.63) is 23.3 Å². The summed E-state index contributed by atoms with van der Waals surface area (Å²) in [4.78, 5) is 23.3. The molecular formula is C13H19ClN2O4. The van der Waals surface area contributed by atoms with Crippen LogP contribution in [0.3, 0.4) is 0 Å². The Bertz CT molecular complexity index is 517. The molecule has 0 spiro atoms. The summed E-state index contributed by atoms with van der Waals surface area (Å²) < 4.78 is 0. The highest BCUT2D eigenvalue weighted by Gasteiger charge is 2.27. The molecule has 20 heavy (non-hydrogen) atoms. The first-order chi connectivity index (χ1) is 8.75. The predicted molar refractivity (Wildman–Crippen MR) is 78.5 cm³/mol. The third-order valence-corrected chi connectivity index (χ3v) is 2.74. The van der Waals surface area contributed by atoms with E-state index in [-0.39, 0.29) is 29.6 Å². The third-order valence-electron chi connectivity index (χ3n) is 2.74. The number of carboxylic acid groups (broad SMARTS) is 1. The first kappa shape index (κ1) is 18.2. The number of carbonyl (C=O) groups is 2. The van der Waals surface area contributed by atoms with Crippen molar-refractivity contribution in [1.82, 2.24) is 0 Å². The number of anilines is 1. The van der Waals surface area contributed by atoms with Crippen LogP contribution in [0.25, 0.3) is 0 Å². The molecule has 0 amide bonds. The fourth-order valence-corrected chi connectivity index (χ4v) is 1.89. The molecule has 0 saturated carbocycles. The number of benzene rings is 1. The van der Waals surface area contributed by atoms with Gasteiger partial charge in [-0.1, -0.05) is 13.8 Å². The van der Waals surface area contributed by atoms with Crippen molar-refractivity contribution in [3.63, 3.8) is 0 Å². The van der Waals surface area contributed by atoms with Crippen LogP contribution in [0.15, 0.2) is 12.1 Å². The topological polar surface area (TPSA) is 127 Å². The monoisotopic (exact) mass is 302 g/mol. The number of aromatic carboxylic acids is 1. The van der Waals surface area contributed by atoms with Gasteiger partial charge < -0.3 is 21.7 Å². The van der Waals surface area contributed by atoms with Gasteiger partial charge in [-0.25, -0.2) is 4.79 Å². The number of hydrogen-bond donors (Lipinski definition) is 4. The SMILES string of the molecule is CC(C)C[C@H](N)C(=O)c1c(N)ccc(O)c1C(=O)O.Cl. The molecule has 0 aliphatic rings. The quantitative estimate of drug-likeness (QED) is 0.372. The molecule has 0 fully saturated rings. The summed E-state index contributed by atoms with van der Waals surface area (Å²) in [5.41, 5.74) is 10.7. The number of halogens is 1. The van der Waals surface area contributed by atoms with Crippen LogP contribution in [-0.4, -0.2) is 28.0 Å². The van der Waals surface area contributed by atoms with Gasteiger partial charge in [-0.15, -0.1) is 12.4 Å². The van der Waals surface area contributed by atoms with Gasteiger partial charge in [0.15, 0.2) is 5.78 Å². The highest BCUT2D eigenvalue weighted by molar-refractivity contribution is 6.12. The van der Waals surface area contributed by atoms with E-state index in [1.807, 2.05) is 13.8 Å². The number of carbonyl (C=O) groups excluding carboxylic acids is 1. The smallest absolute Gasteiger partial charge is 0.340 e. The van der Waals surface area contributed by atoms with Gasteiger partial charge in [-0.05, 0) is 24.5 Å². The van der Waals surface area contributed by atoms with E-state index >= 15 is 0 Å². The molecule has 0 bridgehead atoms. The highest BCUT2D eigenvalue weighted by Crippen LogP contribution is 2.28. The van der Waals surface area contributed by atoms with Crippen LogP contribution in [0, 0.1) is 5.92 Å². The second-order valence-electron chi connectivity index (χ2n) is 4.83. The predicted octanol–water partition coefficient (Wildman–Crippen LogP) is 1.65. The van der Waals surface area contributed by atoms with Gasteiger partial charge in [0.2, 0.25) is 0 Å². The highest BCUT2D eigenvalue weighted by atomic mass is 35.5. The van der Waals surface area contributed by atoms with Crippen molar-refractivity contribution in [1.29, 1.82) is 0 Å². The van der Waals surface area contributed by atoms with Crippen LogP contribution in [0.1, 0.15) is 41.0 Å². The zero-order valence-corrected chi connectivity index (χ0v) is 12.1. The van der Waals surface area contributed by atoms with Gasteiger partial charge in [-0.2, -0.15) is 0 Å². The van der Waals surface area contributed by atoms with E-state index in [0.717, 1.165) is 6.07 Å². The summed E-state index contributed by atoms with van der Waals surface area (Å²) in [5, 5.41) is 18.6.